The minimum atomic E-state index is -0.301. The highest BCUT2D eigenvalue weighted by Crippen LogP contribution is 2.21. The van der Waals surface area contributed by atoms with Gasteiger partial charge in [0, 0.05) is 42.4 Å². The smallest absolute Gasteiger partial charge is 0.0844 e. The van der Waals surface area contributed by atoms with Crippen molar-refractivity contribution in [2.45, 2.75) is 57.0 Å². The van der Waals surface area contributed by atoms with Crippen LogP contribution in [0.15, 0.2) is 42.5 Å². The van der Waals surface area contributed by atoms with Gasteiger partial charge in [-0.05, 0) is 47.0 Å². The summed E-state index contributed by atoms with van der Waals surface area (Å²) in [6.45, 7) is 0.834. The molecule has 1 unspecified atom stereocenters. The van der Waals surface area contributed by atoms with E-state index in [9.17, 15) is 0 Å². The van der Waals surface area contributed by atoms with Crippen LogP contribution in [-0.2, 0) is 13.0 Å². The molecule has 6 N–H and O–H groups in total. The SMILES string of the molecule is N=CC(C=S)c1ccc(N)c(C(=N)C(=N)Cc2cccc(CNC3CCCCC3)c2)c1. The molecule has 31 heavy (non-hydrogen) atoms. The summed E-state index contributed by atoms with van der Waals surface area (Å²) in [5.74, 6) is -0.301. The molecule has 0 heterocycles. The molecule has 0 saturated heterocycles. The second-order valence-electron chi connectivity index (χ2n) is 8.24. The van der Waals surface area contributed by atoms with Gasteiger partial charge in [0.25, 0.3) is 0 Å². The lowest BCUT2D eigenvalue weighted by molar-refractivity contribution is 0.372. The van der Waals surface area contributed by atoms with E-state index in [4.69, 9.17) is 34.2 Å². The third kappa shape index (κ3) is 6.15. The number of benzene rings is 2. The Morgan fingerprint density at radius 2 is 1.84 bits per heavy atom. The van der Waals surface area contributed by atoms with E-state index in [1.54, 1.807) is 12.1 Å². The number of hydrogen-bond donors (Lipinski definition) is 5. The molecule has 0 bridgehead atoms. The molecule has 1 atom stereocenters. The molecule has 5 nitrogen and oxygen atoms in total. The van der Waals surface area contributed by atoms with Gasteiger partial charge >= 0.3 is 0 Å². The summed E-state index contributed by atoms with van der Waals surface area (Å²) >= 11 is 5.00. The lowest BCUT2D eigenvalue weighted by Crippen LogP contribution is -2.30. The normalized spacial score (nSPS) is 15.2. The summed E-state index contributed by atoms with van der Waals surface area (Å²) in [5, 5.41) is 29.7. The molecular formula is C25H31N5S. The third-order valence-electron chi connectivity index (χ3n) is 5.93. The van der Waals surface area contributed by atoms with E-state index in [0.29, 0.717) is 23.7 Å². The molecule has 2 aromatic rings. The van der Waals surface area contributed by atoms with E-state index in [-0.39, 0.29) is 17.3 Å². The second kappa shape index (κ2) is 11.1. The van der Waals surface area contributed by atoms with Crippen molar-refractivity contribution in [1.29, 1.82) is 16.2 Å². The van der Waals surface area contributed by atoms with Crippen molar-refractivity contribution < 1.29 is 0 Å². The van der Waals surface area contributed by atoms with E-state index < -0.39 is 0 Å². The van der Waals surface area contributed by atoms with E-state index in [1.807, 2.05) is 18.2 Å². The van der Waals surface area contributed by atoms with Gasteiger partial charge in [-0.1, -0.05) is 61.8 Å². The quantitative estimate of drug-likeness (QED) is 0.205. The summed E-state index contributed by atoms with van der Waals surface area (Å²) in [4.78, 5) is 0. The van der Waals surface area contributed by atoms with Gasteiger partial charge in [0.05, 0.1) is 11.4 Å². The molecule has 1 saturated carbocycles. The van der Waals surface area contributed by atoms with Gasteiger partial charge < -0.3 is 21.9 Å². The van der Waals surface area contributed by atoms with Crippen molar-refractivity contribution >= 4 is 40.9 Å². The van der Waals surface area contributed by atoms with Crippen LogP contribution in [0.4, 0.5) is 5.69 Å². The number of anilines is 1. The number of nitrogen functional groups attached to an aromatic ring is 1. The van der Waals surface area contributed by atoms with Crippen LogP contribution in [0.2, 0.25) is 0 Å². The Balaban J connectivity index is 1.67. The minimum absolute atomic E-state index is 0.109. The number of thiocarbonyl (C=S) groups is 1. The van der Waals surface area contributed by atoms with Crippen molar-refractivity contribution in [3.8, 4) is 0 Å². The Hall–Kier alpha value is -2.70. The Bertz CT molecular complexity index is 954. The first kappa shape index (κ1) is 23.0. The van der Waals surface area contributed by atoms with E-state index in [2.05, 4.69) is 17.4 Å². The largest absolute Gasteiger partial charge is 0.398 e. The molecule has 1 fully saturated rings. The van der Waals surface area contributed by atoms with Gasteiger partial charge in [-0.3, -0.25) is 5.41 Å². The van der Waals surface area contributed by atoms with Gasteiger partial charge in [0.1, 0.15) is 0 Å². The summed E-state index contributed by atoms with van der Waals surface area (Å²) in [7, 11) is 0. The van der Waals surface area contributed by atoms with Crippen molar-refractivity contribution in [1.82, 2.24) is 5.32 Å². The van der Waals surface area contributed by atoms with Crippen molar-refractivity contribution in [2.24, 2.45) is 0 Å². The van der Waals surface area contributed by atoms with Crippen LogP contribution in [-0.4, -0.2) is 29.0 Å². The lowest BCUT2D eigenvalue weighted by atomic mass is 9.93. The third-order valence-corrected chi connectivity index (χ3v) is 6.23. The molecule has 3 rings (SSSR count). The highest BCUT2D eigenvalue weighted by atomic mass is 32.1. The Morgan fingerprint density at radius 3 is 2.55 bits per heavy atom. The van der Waals surface area contributed by atoms with Crippen LogP contribution < -0.4 is 11.1 Å². The predicted octanol–water partition coefficient (Wildman–Crippen LogP) is 5.05. The Labute approximate surface area is 190 Å². The maximum Gasteiger partial charge on any atom is 0.0844 e. The molecule has 1 aliphatic carbocycles. The molecule has 0 aliphatic heterocycles. The van der Waals surface area contributed by atoms with Gasteiger partial charge in [-0.25, -0.2) is 0 Å². The van der Waals surface area contributed by atoms with Crippen LogP contribution >= 0.6 is 12.2 Å². The van der Waals surface area contributed by atoms with E-state index >= 15 is 0 Å². The van der Waals surface area contributed by atoms with Crippen molar-refractivity contribution in [3.05, 3.63) is 64.7 Å². The number of hydrogen-bond acceptors (Lipinski definition) is 6. The molecule has 0 amide bonds. The number of nitrogens with two attached hydrogens (primary N) is 1. The Morgan fingerprint density at radius 1 is 1.10 bits per heavy atom. The highest BCUT2D eigenvalue weighted by Gasteiger charge is 2.16. The zero-order valence-corrected chi connectivity index (χ0v) is 18.6. The topological polar surface area (TPSA) is 110 Å². The van der Waals surface area contributed by atoms with Crippen LogP contribution in [0.1, 0.15) is 60.3 Å². The molecule has 162 valence electrons. The fourth-order valence-electron chi connectivity index (χ4n) is 4.09. The first-order valence-corrected chi connectivity index (χ1v) is 11.3. The fraction of sp³-hybridized carbons (Fsp3) is 0.360. The summed E-state index contributed by atoms with van der Waals surface area (Å²) < 4.78 is 0. The van der Waals surface area contributed by atoms with Crippen LogP contribution in [0.5, 0.6) is 0 Å². The van der Waals surface area contributed by atoms with E-state index in [1.165, 1.54) is 49.2 Å². The maximum atomic E-state index is 8.54. The average Bonchev–Trinajstić information content (AvgIpc) is 2.80. The molecular weight excluding hydrogens is 402 g/mol. The lowest BCUT2D eigenvalue weighted by Gasteiger charge is -2.23. The molecule has 0 aromatic heterocycles. The van der Waals surface area contributed by atoms with Crippen molar-refractivity contribution in [2.75, 3.05) is 5.73 Å². The van der Waals surface area contributed by atoms with E-state index in [0.717, 1.165) is 17.7 Å². The van der Waals surface area contributed by atoms with Gasteiger partial charge in [-0.15, -0.1) is 0 Å². The second-order valence-corrected chi connectivity index (χ2v) is 8.51. The van der Waals surface area contributed by atoms with Crippen molar-refractivity contribution in [3.63, 3.8) is 0 Å². The van der Waals surface area contributed by atoms with Gasteiger partial charge in [0.2, 0.25) is 0 Å². The predicted molar refractivity (Wildman–Crippen MR) is 134 cm³/mol. The molecule has 6 heteroatoms. The maximum absolute atomic E-state index is 8.54. The summed E-state index contributed by atoms with van der Waals surface area (Å²) in [6, 6.07) is 14.2. The minimum Gasteiger partial charge on any atom is -0.398 e. The van der Waals surface area contributed by atoms with Gasteiger partial charge in [0.15, 0.2) is 0 Å². The van der Waals surface area contributed by atoms with Crippen LogP contribution in [0.25, 0.3) is 0 Å². The highest BCUT2D eigenvalue weighted by molar-refractivity contribution is 7.79. The zero-order chi connectivity index (χ0) is 22.2. The van der Waals surface area contributed by atoms with Gasteiger partial charge in [-0.2, -0.15) is 0 Å². The summed E-state index contributed by atoms with van der Waals surface area (Å²) in [5.41, 5.74) is 10.4. The first-order chi connectivity index (χ1) is 15.0. The monoisotopic (exact) mass is 433 g/mol. The fourth-order valence-corrected chi connectivity index (χ4v) is 4.32. The molecule has 1 aliphatic rings. The number of nitrogens with one attached hydrogen (secondary N) is 4. The number of rotatable bonds is 10. The summed E-state index contributed by atoms with van der Waals surface area (Å²) in [6.07, 6.45) is 8.13. The molecule has 0 radical (unpaired) electrons. The van der Waals surface area contributed by atoms with Crippen LogP contribution in [0.3, 0.4) is 0 Å². The Kier molecular flexibility index (Phi) is 8.20. The standard InChI is InChI=1S/C25H31N5S/c26-14-20(16-31)19-9-10-23(27)22(13-19)25(29)24(28)12-17-5-4-6-18(11-17)15-30-21-7-2-1-3-8-21/h4-6,9-11,13-14,16,20-21,26,28-30H,1-3,7-8,12,15,27H2. The average molecular weight is 434 g/mol. The first-order valence-electron chi connectivity index (χ1n) is 10.8. The molecule has 2 aromatic carbocycles. The van der Waals surface area contributed by atoms with Crippen LogP contribution in [0, 0.1) is 16.2 Å². The zero-order valence-electron chi connectivity index (χ0n) is 17.8. The molecule has 0 spiro atoms.